The molecule has 0 aliphatic carbocycles. The summed E-state index contributed by atoms with van der Waals surface area (Å²) in [6, 6.07) is 9.39. The van der Waals surface area contributed by atoms with Gasteiger partial charge in [0, 0.05) is 11.3 Å². The van der Waals surface area contributed by atoms with Crippen LogP contribution in [-0.2, 0) is 17.5 Å². The van der Waals surface area contributed by atoms with E-state index in [1.165, 1.54) is 19.2 Å². The van der Waals surface area contributed by atoms with Gasteiger partial charge in [-0.15, -0.1) is 0 Å². The van der Waals surface area contributed by atoms with E-state index in [1.54, 1.807) is 18.2 Å². The fraction of sp³-hybridized carbons (Fsp3) is 0.188. The van der Waals surface area contributed by atoms with Crippen LogP contribution in [-0.4, -0.2) is 18.2 Å². The Morgan fingerprint density at radius 1 is 1.17 bits per heavy atom. The first kappa shape index (κ1) is 16.8. The first-order chi connectivity index (χ1) is 10.9. The second-order valence-corrected chi connectivity index (χ2v) is 4.69. The molecule has 0 amide bonds. The topological polar surface area (TPSA) is 58.6 Å². The van der Waals surface area contributed by atoms with E-state index in [9.17, 15) is 23.1 Å². The van der Waals surface area contributed by atoms with Gasteiger partial charge in [0.2, 0.25) is 0 Å². The van der Waals surface area contributed by atoms with Crippen molar-refractivity contribution in [3.63, 3.8) is 0 Å². The molecule has 0 aliphatic rings. The summed E-state index contributed by atoms with van der Waals surface area (Å²) in [5, 5.41) is 12.2. The first-order valence-corrected chi connectivity index (χ1v) is 6.62. The third kappa shape index (κ3) is 3.81. The van der Waals surface area contributed by atoms with E-state index in [4.69, 9.17) is 0 Å². The number of ether oxygens (including phenoxy) is 1. The van der Waals surface area contributed by atoms with Gasteiger partial charge in [0.15, 0.2) is 0 Å². The molecule has 2 aromatic rings. The predicted octanol–water partition coefficient (Wildman–Crippen LogP) is 3.73. The molecule has 0 saturated heterocycles. The summed E-state index contributed by atoms with van der Waals surface area (Å²) in [4.78, 5) is 11.7. The van der Waals surface area contributed by atoms with Crippen LogP contribution in [0.3, 0.4) is 0 Å². The lowest BCUT2D eigenvalue weighted by Crippen LogP contribution is -2.09. The number of anilines is 2. The smallest absolute Gasteiger partial charge is 0.416 e. The number of carbonyl (C=O) groups is 1. The van der Waals surface area contributed by atoms with Gasteiger partial charge < -0.3 is 15.2 Å². The normalized spacial score (nSPS) is 11.2. The van der Waals surface area contributed by atoms with Crippen LogP contribution >= 0.6 is 0 Å². The van der Waals surface area contributed by atoms with Crippen LogP contribution in [0.25, 0.3) is 0 Å². The molecule has 0 saturated carbocycles. The van der Waals surface area contributed by atoms with Crippen LogP contribution in [0.2, 0.25) is 0 Å². The number of hydrogen-bond donors (Lipinski definition) is 2. The van der Waals surface area contributed by atoms with Crippen LogP contribution in [0, 0.1) is 0 Å². The van der Waals surface area contributed by atoms with Crippen LogP contribution in [0.5, 0.6) is 0 Å². The maximum atomic E-state index is 12.7. The summed E-state index contributed by atoms with van der Waals surface area (Å²) >= 11 is 0. The number of aliphatic hydroxyl groups is 1. The molecule has 0 fully saturated rings. The molecular formula is C16H14F3NO3. The highest BCUT2D eigenvalue weighted by Crippen LogP contribution is 2.33. The van der Waals surface area contributed by atoms with Gasteiger partial charge in [-0.1, -0.05) is 12.1 Å². The second kappa shape index (κ2) is 6.70. The molecule has 122 valence electrons. The number of para-hydroxylation sites is 1. The monoisotopic (exact) mass is 325 g/mol. The van der Waals surface area contributed by atoms with Crippen LogP contribution in [0.1, 0.15) is 21.5 Å². The summed E-state index contributed by atoms with van der Waals surface area (Å²) in [6.45, 7) is -0.577. The lowest BCUT2D eigenvalue weighted by molar-refractivity contribution is -0.137. The maximum Gasteiger partial charge on any atom is 0.416 e. The average molecular weight is 325 g/mol. The molecule has 0 bridgehead atoms. The number of rotatable bonds is 4. The minimum Gasteiger partial charge on any atom is -0.465 e. The Morgan fingerprint density at radius 2 is 1.87 bits per heavy atom. The van der Waals surface area contributed by atoms with Gasteiger partial charge in [-0.2, -0.15) is 13.2 Å². The molecule has 0 spiro atoms. The molecule has 2 N–H and O–H groups in total. The highest BCUT2D eigenvalue weighted by atomic mass is 19.4. The lowest BCUT2D eigenvalue weighted by Gasteiger charge is -2.15. The van der Waals surface area contributed by atoms with E-state index in [1.807, 2.05) is 0 Å². The number of methoxy groups -OCH3 is 1. The third-order valence-electron chi connectivity index (χ3n) is 3.20. The van der Waals surface area contributed by atoms with Crippen molar-refractivity contribution < 1.29 is 27.8 Å². The fourth-order valence-electron chi connectivity index (χ4n) is 2.05. The molecule has 7 heteroatoms. The molecule has 0 unspecified atom stereocenters. The van der Waals surface area contributed by atoms with Gasteiger partial charge in [0.1, 0.15) is 0 Å². The van der Waals surface area contributed by atoms with E-state index in [0.29, 0.717) is 5.69 Å². The first-order valence-electron chi connectivity index (χ1n) is 6.62. The Labute approximate surface area is 130 Å². The van der Waals surface area contributed by atoms with Crippen LogP contribution < -0.4 is 5.32 Å². The molecule has 0 atom stereocenters. The van der Waals surface area contributed by atoms with Crippen molar-refractivity contribution in [2.75, 3.05) is 12.4 Å². The number of nitrogens with one attached hydrogen (secondary N) is 1. The van der Waals surface area contributed by atoms with Gasteiger partial charge >= 0.3 is 12.1 Å². The predicted molar refractivity (Wildman–Crippen MR) is 78.4 cm³/mol. The lowest BCUT2D eigenvalue weighted by atomic mass is 10.1. The molecule has 0 heterocycles. The molecule has 2 aromatic carbocycles. The Morgan fingerprint density at radius 3 is 2.48 bits per heavy atom. The van der Waals surface area contributed by atoms with Gasteiger partial charge in [-0.3, -0.25) is 0 Å². The Balaban J connectivity index is 2.40. The standard InChI is InChI=1S/C16H14F3NO3/c1-23-15(22)12-4-2-3-5-14(12)20-13-7-6-11(16(17,18)19)8-10(13)9-21/h2-8,20-21H,9H2,1H3. The number of hydrogen-bond acceptors (Lipinski definition) is 4. The van der Waals surface area contributed by atoms with E-state index in [-0.39, 0.29) is 16.8 Å². The highest BCUT2D eigenvalue weighted by molar-refractivity contribution is 5.96. The zero-order valence-corrected chi connectivity index (χ0v) is 12.1. The molecule has 23 heavy (non-hydrogen) atoms. The Bertz CT molecular complexity index is 714. The van der Waals surface area contributed by atoms with E-state index in [2.05, 4.69) is 10.1 Å². The average Bonchev–Trinajstić information content (AvgIpc) is 2.54. The van der Waals surface area contributed by atoms with Crippen LogP contribution in [0.4, 0.5) is 24.5 Å². The van der Waals surface area contributed by atoms with Gasteiger partial charge in [-0.25, -0.2) is 4.79 Å². The summed E-state index contributed by atoms with van der Waals surface area (Å²) in [7, 11) is 1.23. The van der Waals surface area contributed by atoms with Crippen molar-refractivity contribution in [3.05, 3.63) is 59.2 Å². The number of benzene rings is 2. The molecule has 0 aromatic heterocycles. The van der Waals surface area contributed by atoms with Crippen molar-refractivity contribution in [1.29, 1.82) is 0 Å². The quantitative estimate of drug-likeness (QED) is 0.841. The van der Waals surface area contributed by atoms with E-state index >= 15 is 0 Å². The molecular weight excluding hydrogens is 311 g/mol. The van der Waals surface area contributed by atoms with Crippen molar-refractivity contribution in [2.45, 2.75) is 12.8 Å². The van der Waals surface area contributed by atoms with Crippen LogP contribution in [0.15, 0.2) is 42.5 Å². The largest absolute Gasteiger partial charge is 0.465 e. The molecule has 0 radical (unpaired) electrons. The van der Waals surface area contributed by atoms with Gasteiger partial charge in [0.05, 0.1) is 30.5 Å². The third-order valence-corrected chi connectivity index (χ3v) is 3.20. The molecule has 0 aliphatic heterocycles. The number of carbonyl (C=O) groups excluding carboxylic acids is 1. The minimum absolute atomic E-state index is 0.0690. The van der Waals surface area contributed by atoms with Crippen molar-refractivity contribution >= 4 is 17.3 Å². The number of aliphatic hydroxyl groups excluding tert-OH is 1. The van der Waals surface area contributed by atoms with Gasteiger partial charge in [0.25, 0.3) is 0 Å². The van der Waals surface area contributed by atoms with Gasteiger partial charge in [-0.05, 0) is 30.3 Å². The highest BCUT2D eigenvalue weighted by Gasteiger charge is 2.31. The summed E-state index contributed by atoms with van der Waals surface area (Å²) in [6.07, 6.45) is -4.49. The maximum absolute atomic E-state index is 12.7. The summed E-state index contributed by atoms with van der Waals surface area (Å²) in [5.41, 5.74) is 0.0947. The van der Waals surface area contributed by atoms with Crippen molar-refractivity contribution in [1.82, 2.24) is 0 Å². The molecule has 2 rings (SSSR count). The molecule has 4 nitrogen and oxygen atoms in total. The minimum atomic E-state index is -4.49. The van der Waals surface area contributed by atoms with Crippen molar-refractivity contribution in [3.8, 4) is 0 Å². The summed E-state index contributed by atoms with van der Waals surface area (Å²) < 4.78 is 42.8. The van der Waals surface area contributed by atoms with E-state index in [0.717, 1.165) is 12.1 Å². The Hall–Kier alpha value is -2.54. The number of esters is 1. The fourth-order valence-corrected chi connectivity index (χ4v) is 2.05. The number of alkyl halides is 3. The second-order valence-electron chi connectivity index (χ2n) is 4.69. The zero-order chi connectivity index (χ0) is 17.0. The zero-order valence-electron chi connectivity index (χ0n) is 12.1. The van der Waals surface area contributed by atoms with E-state index < -0.39 is 24.3 Å². The Kier molecular flexibility index (Phi) is 4.90. The van der Waals surface area contributed by atoms with Crippen molar-refractivity contribution in [2.24, 2.45) is 0 Å². The summed E-state index contributed by atoms with van der Waals surface area (Å²) in [5.74, 6) is -0.578. The SMILES string of the molecule is COC(=O)c1ccccc1Nc1ccc(C(F)(F)F)cc1CO. The number of halogens is 3.